The van der Waals surface area contributed by atoms with Gasteiger partial charge in [0.1, 0.15) is 0 Å². The van der Waals surface area contributed by atoms with Gasteiger partial charge >= 0.3 is 6.18 Å². The minimum Gasteiger partial charge on any atom is -0.349 e. The van der Waals surface area contributed by atoms with Crippen LogP contribution in [0.5, 0.6) is 0 Å². The highest BCUT2D eigenvalue weighted by Gasteiger charge is 2.41. The van der Waals surface area contributed by atoms with Crippen molar-refractivity contribution < 1.29 is 18.0 Å². The first-order valence-corrected chi connectivity index (χ1v) is 9.01. The van der Waals surface area contributed by atoms with Crippen LogP contribution in [-0.4, -0.2) is 18.1 Å². The number of amides is 1. The molecule has 2 fully saturated rings. The summed E-state index contributed by atoms with van der Waals surface area (Å²) in [5.74, 6) is 0.151. The molecule has 3 N–H and O–H groups in total. The quantitative estimate of drug-likeness (QED) is 0.860. The van der Waals surface area contributed by atoms with E-state index >= 15 is 0 Å². The molecule has 2 aliphatic carbocycles. The molecular formula is C19H25F3N2O. The molecule has 6 heteroatoms. The van der Waals surface area contributed by atoms with Crippen molar-refractivity contribution in [1.82, 2.24) is 5.32 Å². The van der Waals surface area contributed by atoms with Gasteiger partial charge in [0.2, 0.25) is 5.91 Å². The van der Waals surface area contributed by atoms with E-state index in [0.717, 1.165) is 19.3 Å². The number of rotatable bonds is 4. The van der Waals surface area contributed by atoms with Gasteiger partial charge in [-0.1, -0.05) is 36.8 Å². The predicted octanol–water partition coefficient (Wildman–Crippen LogP) is 3.95. The lowest BCUT2D eigenvalue weighted by atomic mass is 9.65. The van der Waals surface area contributed by atoms with Crippen molar-refractivity contribution in [3.8, 4) is 0 Å². The molecule has 3 atom stereocenters. The van der Waals surface area contributed by atoms with E-state index in [1.165, 1.54) is 0 Å². The molecule has 3 nitrogen and oxygen atoms in total. The Balaban J connectivity index is 1.70. The minimum atomic E-state index is -4.33. The molecule has 138 valence electrons. The number of halogens is 3. The summed E-state index contributed by atoms with van der Waals surface area (Å²) in [6.07, 6.45) is -0.828. The number of carbonyl (C=O) groups is 1. The Kier molecular flexibility index (Phi) is 5.37. The molecule has 3 unspecified atom stereocenters. The largest absolute Gasteiger partial charge is 0.391 e. The summed E-state index contributed by atoms with van der Waals surface area (Å²) in [7, 11) is 0. The van der Waals surface area contributed by atoms with E-state index in [2.05, 4.69) is 5.32 Å². The number of nitrogens with one attached hydrogen (secondary N) is 1. The lowest BCUT2D eigenvalue weighted by Crippen LogP contribution is -2.49. The highest BCUT2D eigenvalue weighted by molar-refractivity contribution is 5.79. The third-order valence-corrected chi connectivity index (χ3v) is 5.74. The van der Waals surface area contributed by atoms with Gasteiger partial charge in [0.25, 0.3) is 0 Å². The molecule has 1 amide bonds. The SMILES string of the molecule is NC1C2CCCC1CC(C(=O)NC(CC(F)(F)F)c1ccccc1)C2. The van der Waals surface area contributed by atoms with Crippen LogP contribution in [0.25, 0.3) is 0 Å². The number of carbonyl (C=O) groups excluding carboxylic acids is 1. The van der Waals surface area contributed by atoms with Gasteiger partial charge in [-0.3, -0.25) is 4.79 Å². The van der Waals surface area contributed by atoms with Gasteiger partial charge < -0.3 is 11.1 Å². The molecule has 2 bridgehead atoms. The maximum Gasteiger partial charge on any atom is 0.391 e. The lowest BCUT2D eigenvalue weighted by molar-refractivity contribution is -0.144. The zero-order chi connectivity index (χ0) is 18.0. The number of hydrogen-bond donors (Lipinski definition) is 2. The Labute approximate surface area is 146 Å². The molecule has 0 radical (unpaired) electrons. The molecule has 1 aromatic carbocycles. The predicted molar refractivity (Wildman–Crippen MR) is 89.5 cm³/mol. The summed E-state index contributed by atoms with van der Waals surface area (Å²) < 4.78 is 38.9. The molecule has 25 heavy (non-hydrogen) atoms. The maximum absolute atomic E-state index is 13.0. The van der Waals surface area contributed by atoms with Gasteiger partial charge in [-0.25, -0.2) is 0 Å². The van der Waals surface area contributed by atoms with Crippen molar-refractivity contribution in [2.24, 2.45) is 23.5 Å². The first-order chi connectivity index (χ1) is 11.8. The normalized spacial score (nSPS) is 30.6. The first kappa shape index (κ1) is 18.2. The number of fused-ring (bicyclic) bond motifs is 2. The van der Waals surface area contributed by atoms with Crippen molar-refractivity contribution in [1.29, 1.82) is 0 Å². The van der Waals surface area contributed by atoms with Gasteiger partial charge in [0.05, 0.1) is 12.5 Å². The molecule has 3 rings (SSSR count). The van der Waals surface area contributed by atoms with Gasteiger partial charge in [0.15, 0.2) is 0 Å². The Bertz CT molecular complexity index is 576. The van der Waals surface area contributed by atoms with Crippen molar-refractivity contribution in [3.05, 3.63) is 35.9 Å². The summed E-state index contributed by atoms with van der Waals surface area (Å²) >= 11 is 0. The van der Waals surface area contributed by atoms with Gasteiger partial charge in [0, 0.05) is 12.0 Å². The number of nitrogens with two attached hydrogens (primary N) is 1. The summed E-state index contributed by atoms with van der Waals surface area (Å²) in [5, 5.41) is 2.66. The minimum absolute atomic E-state index is 0.137. The summed E-state index contributed by atoms with van der Waals surface area (Å²) in [6, 6.07) is 7.48. The van der Waals surface area contributed by atoms with Crippen molar-refractivity contribution in [3.63, 3.8) is 0 Å². The van der Waals surface area contributed by atoms with Crippen LogP contribution in [0.4, 0.5) is 13.2 Å². The fourth-order valence-electron chi connectivity index (χ4n) is 4.46. The Morgan fingerprint density at radius 2 is 1.76 bits per heavy atom. The van der Waals surface area contributed by atoms with E-state index in [9.17, 15) is 18.0 Å². The smallest absolute Gasteiger partial charge is 0.349 e. The number of alkyl halides is 3. The van der Waals surface area contributed by atoms with E-state index in [1.54, 1.807) is 30.3 Å². The molecule has 0 heterocycles. The highest BCUT2D eigenvalue weighted by atomic mass is 19.4. The average molecular weight is 354 g/mol. The summed E-state index contributed by atoms with van der Waals surface area (Å²) in [6.45, 7) is 0. The second-order valence-corrected chi connectivity index (χ2v) is 7.49. The van der Waals surface area contributed by atoms with Gasteiger partial charge in [-0.2, -0.15) is 13.2 Å². The average Bonchev–Trinajstić information content (AvgIpc) is 2.53. The van der Waals surface area contributed by atoms with E-state index < -0.39 is 18.6 Å². The van der Waals surface area contributed by atoms with Crippen LogP contribution in [0, 0.1) is 17.8 Å². The van der Waals surface area contributed by atoms with E-state index in [1.807, 2.05) is 0 Å². The van der Waals surface area contributed by atoms with Crippen LogP contribution in [0.1, 0.15) is 50.1 Å². The zero-order valence-electron chi connectivity index (χ0n) is 14.1. The third-order valence-electron chi connectivity index (χ3n) is 5.74. The molecule has 0 saturated heterocycles. The van der Waals surface area contributed by atoms with Crippen LogP contribution in [0.2, 0.25) is 0 Å². The summed E-state index contributed by atoms with van der Waals surface area (Å²) in [4.78, 5) is 12.7. The monoisotopic (exact) mass is 354 g/mol. The highest BCUT2D eigenvalue weighted by Crippen LogP contribution is 2.42. The Hall–Kier alpha value is -1.56. The molecule has 1 aromatic rings. The van der Waals surface area contributed by atoms with Crippen molar-refractivity contribution >= 4 is 5.91 Å². The van der Waals surface area contributed by atoms with Crippen molar-refractivity contribution in [2.75, 3.05) is 0 Å². The summed E-state index contributed by atoms with van der Waals surface area (Å²) in [5.41, 5.74) is 6.73. The van der Waals surface area contributed by atoms with Gasteiger partial charge in [-0.15, -0.1) is 0 Å². The van der Waals surface area contributed by atoms with Crippen molar-refractivity contribution in [2.45, 2.75) is 56.8 Å². The number of benzene rings is 1. The Morgan fingerprint density at radius 1 is 1.16 bits per heavy atom. The van der Waals surface area contributed by atoms with E-state index in [4.69, 9.17) is 5.73 Å². The van der Waals surface area contributed by atoms with Crippen LogP contribution in [0.3, 0.4) is 0 Å². The topological polar surface area (TPSA) is 55.1 Å². The fraction of sp³-hybridized carbons (Fsp3) is 0.632. The molecule has 2 aliphatic rings. The zero-order valence-corrected chi connectivity index (χ0v) is 14.1. The first-order valence-electron chi connectivity index (χ1n) is 9.01. The Morgan fingerprint density at radius 3 is 2.32 bits per heavy atom. The van der Waals surface area contributed by atoms with Crippen LogP contribution < -0.4 is 11.1 Å². The van der Waals surface area contributed by atoms with Gasteiger partial charge in [-0.05, 0) is 43.1 Å². The van der Waals surface area contributed by atoms with E-state index in [-0.39, 0.29) is 17.9 Å². The van der Waals surface area contributed by atoms with E-state index in [0.29, 0.717) is 30.2 Å². The molecule has 0 aliphatic heterocycles. The molecule has 0 aromatic heterocycles. The second-order valence-electron chi connectivity index (χ2n) is 7.49. The fourth-order valence-corrected chi connectivity index (χ4v) is 4.46. The molecular weight excluding hydrogens is 329 g/mol. The lowest BCUT2D eigenvalue weighted by Gasteiger charge is -2.43. The number of hydrogen-bond acceptors (Lipinski definition) is 2. The standard InChI is InChI=1S/C19H25F3N2O/c20-19(21,22)11-16(12-5-2-1-3-6-12)24-18(25)15-9-13-7-4-8-14(10-15)17(13)23/h1-3,5-6,13-17H,4,7-11,23H2,(H,24,25). The van der Waals surface area contributed by atoms with Crippen LogP contribution in [0.15, 0.2) is 30.3 Å². The van der Waals surface area contributed by atoms with Crippen LogP contribution in [-0.2, 0) is 4.79 Å². The second kappa shape index (κ2) is 7.36. The maximum atomic E-state index is 13.0. The third kappa shape index (κ3) is 4.54. The molecule has 0 spiro atoms. The van der Waals surface area contributed by atoms with Crippen LogP contribution >= 0.6 is 0 Å². The molecule has 2 saturated carbocycles.